The summed E-state index contributed by atoms with van der Waals surface area (Å²) in [6.45, 7) is 14.8. The number of nitrogens with zero attached hydrogens (tertiary/aromatic N) is 1. The minimum absolute atomic E-state index is 0.177. The van der Waals surface area contributed by atoms with Crippen LogP contribution in [0, 0.1) is 12.7 Å². The topological polar surface area (TPSA) is 3.88 Å². The highest BCUT2D eigenvalue weighted by Crippen LogP contribution is 2.30. The van der Waals surface area contributed by atoms with Crippen molar-refractivity contribution in [2.24, 2.45) is 7.05 Å². The van der Waals surface area contributed by atoms with E-state index in [2.05, 4.69) is 25.8 Å². The lowest BCUT2D eigenvalue weighted by atomic mass is 9.84. The lowest BCUT2D eigenvalue weighted by Gasteiger charge is -2.21. The van der Waals surface area contributed by atoms with Gasteiger partial charge < -0.3 is 0 Å². The van der Waals surface area contributed by atoms with E-state index in [9.17, 15) is 4.39 Å². The molecule has 0 saturated heterocycles. The summed E-state index contributed by atoms with van der Waals surface area (Å²) < 4.78 is 25.1. The van der Waals surface area contributed by atoms with Gasteiger partial charge in [-0.15, -0.1) is 0 Å². The van der Waals surface area contributed by atoms with Gasteiger partial charge in [-0.1, -0.05) is 52.5 Å². The van der Waals surface area contributed by atoms with Crippen molar-refractivity contribution >= 4 is 13.3 Å². The third-order valence-electron chi connectivity index (χ3n) is 4.27. The first kappa shape index (κ1) is 16.4. The summed E-state index contributed by atoms with van der Waals surface area (Å²) in [4.78, 5) is 0. The molecule has 0 fully saturated rings. The maximum absolute atomic E-state index is 14.7. The molecule has 124 valence electrons. The SMILES string of the molecule is [2H]c1cc(-c2cc(F)c(C(C)(C)C)cc2C)[n+](C)cc1[Si](C)(C)C. The van der Waals surface area contributed by atoms with Crippen LogP contribution >= 0.6 is 0 Å². The van der Waals surface area contributed by atoms with Gasteiger partial charge in [-0.05, 0) is 29.5 Å². The van der Waals surface area contributed by atoms with Gasteiger partial charge in [-0.25, -0.2) is 8.96 Å². The quantitative estimate of drug-likeness (QED) is 0.565. The Morgan fingerprint density at radius 3 is 2.30 bits per heavy atom. The fourth-order valence-electron chi connectivity index (χ4n) is 2.76. The summed E-state index contributed by atoms with van der Waals surface area (Å²) in [5, 5.41) is 1.12. The van der Waals surface area contributed by atoms with E-state index in [0.717, 1.165) is 27.6 Å². The lowest BCUT2D eigenvalue weighted by Crippen LogP contribution is -2.45. The molecule has 2 rings (SSSR count). The van der Waals surface area contributed by atoms with Crippen LogP contribution in [-0.4, -0.2) is 8.07 Å². The number of pyridine rings is 1. The minimum Gasteiger partial charge on any atom is -0.207 e. The van der Waals surface area contributed by atoms with Crippen LogP contribution < -0.4 is 9.75 Å². The van der Waals surface area contributed by atoms with E-state index in [0.29, 0.717) is 6.04 Å². The normalized spacial score (nSPS) is 13.2. The van der Waals surface area contributed by atoms with E-state index < -0.39 is 8.07 Å². The van der Waals surface area contributed by atoms with Gasteiger partial charge in [0.15, 0.2) is 6.20 Å². The van der Waals surface area contributed by atoms with E-state index in [4.69, 9.17) is 1.37 Å². The second-order valence-electron chi connectivity index (χ2n) is 8.47. The van der Waals surface area contributed by atoms with E-state index >= 15 is 0 Å². The van der Waals surface area contributed by atoms with Gasteiger partial charge >= 0.3 is 0 Å². The monoisotopic (exact) mass is 331 g/mol. The fourth-order valence-corrected chi connectivity index (χ4v) is 3.84. The first-order valence-electron chi connectivity index (χ1n) is 8.64. The van der Waals surface area contributed by atoms with Crippen molar-refractivity contribution in [1.82, 2.24) is 0 Å². The van der Waals surface area contributed by atoms with Gasteiger partial charge in [-0.2, -0.15) is 0 Å². The molecule has 1 nitrogen and oxygen atoms in total. The fraction of sp³-hybridized carbons (Fsp3) is 0.450. The van der Waals surface area contributed by atoms with Crippen LogP contribution in [0.5, 0.6) is 0 Å². The molecular formula is C20H29FNSi+. The Balaban J connectivity index is 2.66. The molecule has 3 heteroatoms. The molecule has 0 atom stereocenters. The molecule has 0 amide bonds. The van der Waals surface area contributed by atoms with E-state index in [1.807, 2.05) is 51.4 Å². The zero-order chi connectivity index (χ0) is 18.4. The number of hydrogen-bond donors (Lipinski definition) is 0. The van der Waals surface area contributed by atoms with Crippen LogP contribution in [0.2, 0.25) is 19.6 Å². The molecule has 2 aromatic rings. The van der Waals surface area contributed by atoms with Gasteiger partial charge in [0, 0.05) is 11.3 Å². The molecule has 0 aliphatic rings. The number of aryl methyl sites for hydroxylation is 2. The molecule has 0 unspecified atom stereocenters. The van der Waals surface area contributed by atoms with Gasteiger partial charge in [0.2, 0.25) is 5.69 Å². The van der Waals surface area contributed by atoms with Crippen LogP contribution in [0.3, 0.4) is 0 Å². The summed E-state index contributed by atoms with van der Waals surface area (Å²) in [5.41, 5.74) is 3.29. The third-order valence-corrected chi connectivity index (χ3v) is 6.16. The van der Waals surface area contributed by atoms with Crippen molar-refractivity contribution in [3.05, 3.63) is 47.4 Å². The molecule has 0 aliphatic heterocycles. The molecular weight excluding hydrogens is 301 g/mol. The number of benzene rings is 1. The molecule has 0 radical (unpaired) electrons. The summed E-state index contributed by atoms with van der Waals surface area (Å²) in [6, 6.07) is 6.01. The number of hydrogen-bond acceptors (Lipinski definition) is 0. The zero-order valence-electron chi connectivity index (χ0n) is 16.6. The smallest absolute Gasteiger partial charge is 0.207 e. The molecule has 1 aromatic heterocycles. The van der Waals surface area contributed by atoms with Gasteiger partial charge in [0.25, 0.3) is 0 Å². The van der Waals surface area contributed by atoms with Gasteiger partial charge in [-0.3, -0.25) is 0 Å². The van der Waals surface area contributed by atoms with Crippen LogP contribution in [0.15, 0.2) is 30.4 Å². The molecule has 23 heavy (non-hydrogen) atoms. The maximum atomic E-state index is 14.7. The largest absolute Gasteiger partial charge is 0.212 e. The Hall–Kier alpha value is -1.48. The van der Waals surface area contributed by atoms with E-state index in [-0.39, 0.29) is 11.2 Å². The average Bonchev–Trinajstić information content (AvgIpc) is 2.41. The second kappa shape index (κ2) is 5.86. The highest BCUT2D eigenvalue weighted by atomic mass is 28.3. The highest BCUT2D eigenvalue weighted by molar-refractivity contribution is 6.88. The Kier molecular flexibility index (Phi) is 4.17. The van der Waals surface area contributed by atoms with Crippen LogP contribution in [0.4, 0.5) is 4.39 Å². The summed E-state index contributed by atoms with van der Waals surface area (Å²) in [6.07, 6.45) is 2.05. The molecule has 0 spiro atoms. The third kappa shape index (κ3) is 3.71. The van der Waals surface area contributed by atoms with E-state index in [1.165, 1.54) is 0 Å². The molecule has 1 aromatic carbocycles. The predicted molar refractivity (Wildman–Crippen MR) is 99.4 cm³/mol. The van der Waals surface area contributed by atoms with Crippen LogP contribution in [0.1, 0.15) is 33.3 Å². The Bertz CT molecular complexity index is 718. The Morgan fingerprint density at radius 1 is 1.17 bits per heavy atom. The molecule has 0 bridgehead atoms. The first-order valence-corrected chi connectivity index (χ1v) is 11.6. The molecule has 0 N–H and O–H groups in total. The lowest BCUT2D eigenvalue weighted by molar-refractivity contribution is -0.659. The Morgan fingerprint density at radius 2 is 1.78 bits per heavy atom. The summed E-state index contributed by atoms with van der Waals surface area (Å²) in [7, 11) is 0.406. The first-order chi connectivity index (χ1) is 10.8. The number of rotatable bonds is 2. The van der Waals surface area contributed by atoms with Crippen LogP contribution in [-0.2, 0) is 12.5 Å². The predicted octanol–water partition coefficient (Wildman–Crippen LogP) is 4.47. The minimum atomic E-state index is -1.57. The maximum Gasteiger partial charge on any atom is 0.212 e. The van der Waals surface area contributed by atoms with Crippen molar-refractivity contribution in [3.63, 3.8) is 0 Å². The molecule has 0 saturated carbocycles. The van der Waals surface area contributed by atoms with Crippen molar-refractivity contribution in [2.45, 2.75) is 52.8 Å². The van der Waals surface area contributed by atoms with Crippen molar-refractivity contribution in [3.8, 4) is 11.3 Å². The van der Waals surface area contributed by atoms with Crippen molar-refractivity contribution in [2.75, 3.05) is 0 Å². The summed E-state index contributed by atoms with van der Waals surface area (Å²) in [5.74, 6) is -0.177. The van der Waals surface area contributed by atoms with Crippen molar-refractivity contribution < 1.29 is 10.3 Å². The number of halogens is 1. The van der Waals surface area contributed by atoms with Crippen LogP contribution in [0.25, 0.3) is 11.3 Å². The second-order valence-corrected chi connectivity index (χ2v) is 13.5. The molecule has 1 heterocycles. The Labute approximate surface area is 142 Å². The van der Waals surface area contributed by atoms with E-state index in [1.54, 1.807) is 6.07 Å². The van der Waals surface area contributed by atoms with Gasteiger partial charge in [0.05, 0.1) is 15.0 Å². The molecule has 0 aliphatic carbocycles. The average molecular weight is 332 g/mol. The van der Waals surface area contributed by atoms with Crippen molar-refractivity contribution in [1.29, 1.82) is 0 Å². The number of aromatic nitrogens is 1. The zero-order valence-corrected chi connectivity index (χ0v) is 16.6. The summed E-state index contributed by atoms with van der Waals surface area (Å²) >= 11 is 0. The standard InChI is InChI=1S/C20H29FNSi/c1-14-11-17(20(2,3)4)18(21)12-16(14)19-10-9-15(13-22(19)5)23(6,7)8/h9-13H,1-8H3/q+1/i9D. The highest BCUT2D eigenvalue weighted by Gasteiger charge is 2.24. The van der Waals surface area contributed by atoms with Gasteiger partial charge in [0.1, 0.15) is 12.9 Å².